The third-order valence-corrected chi connectivity index (χ3v) is 4.54. The number of rotatable bonds is 5. The van der Waals surface area contributed by atoms with Crippen LogP contribution in [0.2, 0.25) is 0 Å². The van der Waals surface area contributed by atoms with E-state index < -0.39 is 0 Å². The van der Waals surface area contributed by atoms with Crippen molar-refractivity contribution in [3.63, 3.8) is 0 Å². The molecular formula is C16H23N5O3. The predicted molar refractivity (Wildman–Crippen MR) is 88.9 cm³/mol. The van der Waals surface area contributed by atoms with E-state index in [1.165, 1.54) is 16.3 Å². The Labute approximate surface area is 139 Å². The SMILES string of the molecule is CCn1nc(CO)c2c1CCN(CCn1c(=O)cc(C)[nH]c1=O)C2. The number of aromatic nitrogens is 4. The Morgan fingerprint density at radius 2 is 2.12 bits per heavy atom. The van der Waals surface area contributed by atoms with E-state index in [0.717, 1.165) is 30.8 Å². The first-order valence-corrected chi connectivity index (χ1v) is 8.25. The van der Waals surface area contributed by atoms with Crippen LogP contribution < -0.4 is 11.2 Å². The summed E-state index contributed by atoms with van der Waals surface area (Å²) >= 11 is 0. The van der Waals surface area contributed by atoms with Crippen molar-refractivity contribution in [2.24, 2.45) is 0 Å². The largest absolute Gasteiger partial charge is 0.390 e. The van der Waals surface area contributed by atoms with Gasteiger partial charge in [0.05, 0.1) is 12.3 Å². The zero-order valence-electron chi connectivity index (χ0n) is 14.1. The zero-order chi connectivity index (χ0) is 17.3. The second-order valence-electron chi connectivity index (χ2n) is 6.12. The van der Waals surface area contributed by atoms with Crippen LogP contribution in [-0.4, -0.2) is 42.4 Å². The minimum atomic E-state index is -0.368. The Balaban J connectivity index is 1.74. The number of hydrogen-bond donors (Lipinski definition) is 2. The van der Waals surface area contributed by atoms with E-state index in [2.05, 4.69) is 15.0 Å². The first-order valence-electron chi connectivity index (χ1n) is 8.25. The molecule has 0 saturated heterocycles. The van der Waals surface area contributed by atoms with Gasteiger partial charge in [-0.1, -0.05) is 0 Å². The summed E-state index contributed by atoms with van der Waals surface area (Å²) in [6.45, 7) is 6.94. The lowest BCUT2D eigenvalue weighted by Crippen LogP contribution is -2.40. The molecule has 8 nitrogen and oxygen atoms in total. The van der Waals surface area contributed by atoms with Crippen molar-refractivity contribution in [2.45, 2.75) is 46.5 Å². The van der Waals surface area contributed by atoms with Gasteiger partial charge in [-0.05, 0) is 13.8 Å². The Hall–Kier alpha value is -2.19. The summed E-state index contributed by atoms with van der Waals surface area (Å²) in [6.07, 6.45) is 0.856. The molecule has 0 amide bonds. The maximum atomic E-state index is 12.0. The van der Waals surface area contributed by atoms with E-state index in [1.54, 1.807) is 6.92 Å². The molecule has 0 aromatic carbocycles. The van der Waals surface area contributed by atoms with Gasteiger partial charge in [-0.25, -0.2) is 4.79 Å². The molecule has 0 atom stereocenters. The number of aliphatic hydroxyl groups is 1. The lowest BCUT2D eigenvalue weighted by atomic mass is 10.1. The van der Waals surface area contributed by atoms with Crippen molar-refractivity contribution in [1.29, 1.82) is 0 Å². The van der Waals surface area contributed by atoms with Gasteiger partial charge in [0.25, 0.3) is 5.56 Å². The average molecular weight is 333 g/mol. The average Bonchev–Trinajstić information content (AvgIpc) is 2.91. The van der Waals surface area contributed by atoms with Crippen LogP contribution in [0.3, 0.4) is 0 Å². The molecule has 0 unspecified atom stereocenters. The minimum absolute atomic E-state index is 0.0692. The molecule has 1 aliphatic heterocycles. The highest BCUT2D eigenvalue weighted by Crippen LogP contribution is 2.22. The number of nitrogens with one attached hydrogen (secondary N) is 1. The second-order valence-corrected chi connectivity index (χ2v) is 6.12. The molecule has 0 bridgehead atoms. The molecule has 0 saturated carbocycles. The third-order valence-electron chi connectivity index (χ3n) is 4.54. The van der Waals surface area contributed by atoms with Gasteiger partial charge in [0, 0.05) is 62.2 Å². The molecule has 0 aliphatic carbocycles. The number of fused-ring (bicyclic) bond motifs is 1. The molecule has 2 aromatic heterocycles. The molecule has 8 heteroatoms. The van der Waals surface area contributed by atoms with E-state index in [0.29, 0.717) is 25.3 Å². The molecule has 1 aliphatic rings. The van der Waals surface area contributed by atoms with Crippen molar-refractivity contribution >= 4 is 0 Å². The quantitative estimate of drug-likeness (QED) is 0.777. The highest BCUT2D eigenvalue weighted by molar-refractivity contribution is 5.28. The third kappa shape index (κ3) is 3.07. The highest BCUT2D eigenvalue weighted by atomic mass is 16.3. The van der Waals surface area contributed by atoms with Crippen molar-refractivity contribution in [3.05, 3.63) is 49.5 Å². The van der Waals surface area contributed by atoms with E-state index in [-0.39, 0.29) is 17.9 Å². The van der Waals surface area contributed by atoms with Gasteiger partial charge in [-0.15, -0.1) is 0 Å². The van der Waals surface area contributed by atoms with Crippen LogP contribution in [0.25, 0.3) is 0 Å². The maximum absolute atomic E-state index is 12.0. The lowest BCUT2D eigenvalue weighted by Gasteiger charge is -2.27. The van der Waals surface area contributed by atoms with Crippen molar-refractivity contribution in [2.75, 3.05) is 13.1 Å². The smallest absolute Gasteiger partial charge is 0.328 e. The Morgan fingerprint density at radius 3 is 2.79 bits per heavy atom. The van der Waals surface area contributed by atoms with E-state index >= 15 is 0 Å². The summed E-state index contributed by atoms with van der Waals surface area (Å²) in [5, 5.41) is 14.0. The van der Waals surface area contributed by atoms with Gasteiger partial charge in [-0.2, -0.15) is 5.10 Å². The number of aromatic amines is 1. The van der Waals surface area contributed by atoms with Crippen LogP contribution in [0.15, 0.2) is 15.7 Å². The summed E-state index contributed by atoms with van der Waals surface area (Å²) in [7, 11) is 0. The minimum Gasteiger partial charge on any atom is -0.390 e. The fourth-order valence-corrected chi connectivity index (χ4v) is 3.29. The van der Waals surface area contributed by atoms with Crippen LogP contribution >= 0.6 is 0 Å². The molecule has 0 radical (unpaired) electrons. The Kier molecular flexibility index (Phi) is 4.68. The molecule has 0 fully saturated rings. The topological polar surface area (TPSA) is 96.2 Å². The monoisotopic (exact) mass is 333 g/mol. The van der Waals surface area contributed by atoms with Crippen molar-refractivity contribution in [1.82, 2.24) is 24.2 Å². The van der Waals surface area contributed by atoms with Gasteiger partial charge in [0.15, 0.2) is 0 Å². The molecule has 130 valence electrons. The van der Waals surface area contributed by atoms with Gasteiger partial charge in [-0.3, -0.25) is 18.9 Å². The predicted octanol–water partition coefficient (Wildman–Crippen LogP) is -0.388. The molecule has 2 N–H and O–H groups in total. The fourth-order valence-electron chi connectivity index (χ4n) is 3.29. The first-order chi connectivity index (χ1) is 11.5. The molecule has 3 rings (SSSR count). The first kappa shape index (κ1) is 16.7. The molecule has 3 heterocycles. The Bertz CT molecular complexity index is 817. The van der Waals surface area contributed by atoms with E-state index in [4.69, 9.17) is 0 Å². The summed E-state index contributed by atoms with van der Waals surface area (Å²) in [5.74, 6) is 0. The van der Waals surface area contributed by atoms with Crippen LogP contribution in [-0.2, 0) is 32.7 Å². The van der Waals surface area contributed by atoms with Crippen LogP contribution in [0, 0.1) is 6.92 Å². The van der Waals surface area contributed by atoms with E-state index in [1.807, 2.05) is 11.6 Å². The maximum Gasteiger partial charge on any atom is 0.328 e. The zero-order valence-corrected chi connectivity index (χ0v) is 14.1. The number of aliphatic hydroxyl groups excluding tert-OH is 1. The number of nitrogens with zero attached hydrogens (tertiary/aromatic N) is 4. The van der Waals surface area contributed by atoms with Crippen LogP contribution in [0.5, 0.6) is 0 Å². The normalized spacial score (nSPS) is 14.8. The second kappa shape index (κ2) is 6.74. The standard InChI is InChI=1S/C16H23N5O3/c1-3-21-14-4-5-19(9-12(14)13(10-22)18-21)6-7-20-15(23)8-11(2)17-16(20)24/h8,22H,3-7,9-10H2,1-2H3,(H,17,24). The summed E-state index contributed by atoms with van der Waals surface area (Å²) in [4.78, 5) is 28.7. The fraction of sp³-hybridized carbons (Fsp3) is 0.562. The van der Waals surface area contributed by atoms with Gasteiger partial charge < -0.3 is 10.1 Å². The molecule has 0 spiro atoms. The molecular weight excluding hydrogens is 310 g/mol. The summed E-state index contributed by atoms with van der Waals surface area (Å²) in [6, 6.07) is 1.44. The van der Waals surface area contributed by atoms with Gasteiger partial charge in [0.1, 0.15) is 0 Å². The van der Waals surface area contributed by atoms with Crippen molar-refractivity contribution < 1.29 is 5.11 Å². The summed E-state index contributed by atoms with van der Waals surface area (Å²) in [5.41, 5.74) is 2.92. The number of H-pyrrole nitrogens is 1. The van der Waals surface area contributed by atoms with Gasteiger partial charge in [0.2, 0.25) is 0 Å². The molecule has 2 aromatic rings. The molecule has 24 heavy (non-hydrogen) atoms. The Morgan fingerprint density at radius 1 is 1.33 bits per heavy atom. The van der Waals surface area contributed by atoms with E-state index in [9.17, 15) is 14.7 Å². The lowest BCUT2D eigenvalue weighted by molar-refractivity contribution is 0.233. The van der Waals surface area contributed by atoms with Gasteiger partial charge >= 0.3 is 5.69 Å². The van der Waals surface area contributed by atoms with Crippen molar-refractivity contribution in [3.8, 4) is 0 Å². The summed E-state index contributed by atoms with van der Waals surface area (Å²) < 4.78 is 3.18. The number of aryl methyl sites for hydroxylation is 2. The number of hydrogen-bond acceptors (Lipinski definition) is 5. The van der Waals surface area contributed by atoms with Crippen LogP contribution in [0.1, 0.15) is 29.6 Å². The highest BCUT2D eigenvalue weighted by Gasteiger charge is 2.24. The van der Waals surface area contributed by atoms with Crippen LogP contribution in [0.4, 0.5) is 0 Å².